The van der Waals surface area contributed by atoms with E-state index in [2.05, 4.69) is 73.0 Å². The molecule has 6 bridgehead atoms. The van der Waals surface area contributed by atoms with Crippen LogP contribution in [0.1, 0.15) is 77.0 Å². The highest BCUT2D eigenvalue weighted by molar-refractivity contribution is 5.96. The topological polar surface area (TPSA) is 163 Å². The fourth-order valence-corrected chi connectivity index (χ4v) is 10.4. The Morgan fingerprint density at radius 1 is 1.06 bits per heavy atom. The smallest absolute Gasteiger partial charge is 0.324 e. The molecule has 2 saturated heterocycles. The van der Waals surface area contributed by atoms with Crippen LogP contribution >= 0.6 is 0 Å². The number of rotatable bonds is 12. The van der Waals surface area contributed by atoms with Crippen LogP contribution in [-0.2, 0) is 59.3 Å². The van der Waals surface area contributed by atoms with Crippen LogP contribution in [0.2, 0.25) is 0 Å². The molecule has 14 nitrogen and oxygen atoms in total. The average Bonchev–Trinajstić information content (AvgIpc) is 3.64. The van der Waals surface area contributed by atoms with Crippen LogP contribution in [-0.4, -0.2) is 125 Å². The number of phenolic OH excluding ortho intramolecular Hbond substituents is 1. The van der Waals surface area contributed by atoms with Gasteiger partial charge in [0.1, 0.15) is 17.8 Å². The van der Waals surface area contributed by atoms with Gasteiger partial charge in [-0.1, -0.05) is 70.7 Å². The maximum absolute atomic E-state index is 16.3. The lowest BCUT2D eigenvalue weighted by Crippen LogP contribution is -2.59. The Hall–Kier alpha value is -6.06. The third-order valence-corrected chi connectivity index (χ3v) is 14.1. The van der Waals surface area contributed by atoms with Gasteiger partial charge >= 0.3 is 5.97 Å². The number of likely N-dealkylation sites (tertiary alicyclic amines) is 1. The summed E-state index contributed by atoms with van der Waals surface area (Å²) in [5, 5.41) is 16.7. The number of phenols is 1. The number of ether oxygens (including phenoxy) is 2. The Kier molecular flexibility index (Phi) is 15.7. The highest BCUT2D eigenvalue weighted by Gasteiger charge is 2.47. The van der Waals surface area contributed by atoms with E-state index in [0.29, 0.717) is 44.5 Å². The van der Waals surface area contributed by atoms with Gasteiger partial charge in [0, 0.05) is 81.6 Å². The normalized spacial score (nSPS) is 20.0. The minimum absolute atomic E-state index is 0.00578. The zero-order valence-electron chi connectivity index (χ0n) is 41.2. The van der Waals surface area contributed by atoms with Crippen LogP contribution in [0.15, 0.2) is 73.3 Å². The van der Waals surface area contributed by atoms with Crippen molar-refractivity contribution >= 4 is 40.5 Å². The number of piperidine rings is 1. The number of aromatic hydroxyl groups is 1. The van der Waals surface area contributed by atoms with Gasteiger partial charge in [-0.15, -0.1) is 0 Å². The number of fused-ring (bicyclic) bond motifs is 6. The average molecular weight is 949 g/mol. The van der Waals surface area contributed by atoms with Crippen molar-refractivity contribution in [2.24, 2.45) is 17.3 Å². The maximum Gasteiger partial charge on any atom is 0.324 e. The summed E-state index contributed by atoms with van der Waals surface area (Å²) in [5.41, 5.74) is 8.10. The first-order valence-electron chi connectivity index (χ1n) is 24.3. The van der Waals surface area contributed by atoms with E-state index in [-0.39, 0.29) is 63.1 Å². The molecule has 3 N–H and O–H groups in total. The number of aryl methyl sites for hydroxylation is 1. The first-order chi connectivity index (χ1) is 32.9. The third kappa shape index (κ3) is 11.0. The van der Waals surface area contributed by atoms with Gasteiger partial charge in [-0.05, 0) is 103 Å². The number of alkyl halides is 1. The Bertz CT molecular complexity index is 2580. The lowest BCUT2D eigenvalue weighted by molar-refractivity contribution is -0.155. The standard InChI is InChI=1S/C54H69FN6O8/c1-9-46(63)59-23-20-54(55,21-24-59)52(67)58(7)47(34(3)4)49(64)56-32-39-27-35-26-38(29-40(62)28-35)37-17-18-45-42(30-37)43(48(60(45)10-2)41-15-12-11-14-36(41)19-25-68-8)31-53(5,6)33-69-51(66)44-16-13-22-61(57-44)50(39)65/h9,11-12,14-15,17-18,26,28-30,34,39,44,47,57,62H,1,10,13,16,19-25,27,31-33H2,2-8H3,(H,56,64)/t39?,44-,47-/m0/s1. The number of hydrogen-bond acceptors (Lipinski definition) is 9. The number of nitrogens with zero attached hydrogens (tertiary/aromatic N) is 4. The number of hydrazine groups is 1. The largest absolute Gasteiger partial charge is 0.508 e. The van der Waals surface area contributed by atoms with Crippen LogP contribution in [0.25, 0.3) is 33.3 Å². The molecule has 1 unspecified atom stereocenters. The van der Waals surface area contributed by atoms with Crippen molar-refractivity contribution in [3.8, 4) is 28.1 Å². The number of likely N-dealkylation sites (N-methyl/N-ethyl adjacent to an activating group) is 1. The molecular formula is C54H69FN6O8. The van der Waals surface area contributed by atoms with Crippen molar-refractivity contribution < 1.29 is 42.9 Å². The number of amides is 4. The van der Waals surface area contributed by atoms with Gasteiger partial charge in [-0.3, -0.25) is 29.0 Å². The van der Waals surface area contributed by atoms with E-state index in [9.17, 15) is 29.1 Å². The van der Waals surface area contributed by atoms with Gasteiger partial charge in [-0.25, -0.2) is 9.82 Å². The van der Waals surface area contributed by atoms with Crippen LogP contribution < -0.4 is 10.7 Å². The predicted molar refractivity (Wildman–Crippen MR) is 263 cm³/mol. The van der Waals surface area contributed by atoms with Gasteiger partial charge < -0.3 is 34.3 Å². The molecule has 4 aromatic rings. The Labute approximate surface area is 405 Å². The molecule has 4 heterocycles. The van der Waals surface area contributed by atoms with Crippen molar-refractivity contribution in [1.29, 1.82) is 0 Å². The molecule has 4 amide bonds. The highest BCUT2D eigenvalue weighted by Crippen LogP contribution is 2.42. The molecule has 0 aliphatic carbocycles. The fraction of sp³-hybridized carbons (Fsp3) is 0.500. The predicted octanol–water partition coefficient (Wildman–Crippen LogP) is 6.79. The quantitative estimate of drug-likeness (QED) is 0.103. The SMILES string of the molecule is C=CC(=O)N1CCC(F)(C(=O)N(C)[C@H](C(=O)NCC2Cc3cc(O)cc(c3)-c3ccc4c(c3)c(c(-c3ccccc3CCOC)n4CC)CC(C)(C)COC(=O)[C@@H]3CCCN(N3)C2=O)C(C)C)CC1. The second-order valence-electron chi connectivity index (χ2n) is 20.1. The van der Waals surface area contributed by atoms with E-state index in [0.717, 1.165) is 61.8 Å². The van der Waals surface area contributed by atoms with E-state index in [4.69, 9.17) is 9.47 Å². The van der Waals surface area contributed by atoms with Crippen molar-refractivity contribution in [3.05, 3.63) is 90.0 Å². The monoisotopic (exact) mass is 949 g/mol. The van der Waals surface area contributed by atoms with Gasteiger partial charge in [0.2, 0.25) is 17.7 Å². The molecule has 370 valence electrons. The zero-order chi connectivity index (χ0) is 49.8. The van der Waals surface area contributed by atoms with E-state index in [1.807, 2.05) is 18.2 Å². The minimum Gasteiger partial charge on any atom is -0.508 e. The van der Waals surface area contributed by atoms with Gasteiger partial charge in [0.25, 0.3) is 5.91 Å². The Morgan fingerprint density at radius 2 is 1.80 bits per heavy atom. The second-order valence-corrected chi connectivity index (χ2v) is 20.1. The van der Waals surface area contributed by atoms with Crippen LogP contribution in [0.3, 0.4) is 0 Å². The van der Waals surface area contributed by atoms with E-state index < -0.39 is 52.8 Å². The van der Waals surface area contributed by atoms with E-state index in [1.165, 1.54) is 17.0 Å². The summed E-state index contributed by atoms with van der Waals surface area (Å²) < 4.78 is 30.3. The molecule has 3 aliphatic heterocycles. The number of cyclic esters (lactones) is 1. The lowest BCUT2D eigenvalue weighted by Gasteiger charge is -2.39. The highest BCUT2D eigenvalue weighted by atomic mass is 19.1. The minimum atomic E-state index is -2.28. The Morgan fingerprint density at radius 3 is 2.49 bits per heavy atom. The number of methoxy groups -OCH3 is 1. The molecule has 15 heteroatoms. The molecule has 7 rings (SSSR count). The molecular weight excluding hydrogens is 880 g/mol. The summed E-state index contributed by atoms with van der Waals surface area (Å²) in [7, 11) is 3.11. The summed E-state index contributed by atoms with van der Waals surface area (Å²) in [6.45, 7) is 14.9. The zero-order valence-corrected chi connectivity index (χ0v) is 41.2. The van der Waals surface area contributed by atoms with Crippen molar-refractivity contribution in [3.63, 3.8) is 0 Å². The molecule has 3 atom stereocenters. The summed E-state index contributed by atoms with van der Waals surface area (Å²) >= 11 is 0. The van der Waals surface area contributed by atoms with Gasteiger partial charge in [0.15, 0.2) is 5.67 Å². The van der Waals surface area contributed by atoms with Crippen molar-refractivity contribution in [2.75, 3.05) is 53.6 Å². The number of benzene rings is 3. The number of hydrogen-bond donors (Lipinski definition) is 3. The summed E-state index contributed by atoms with van der Waals surface area (Å²) in [6.07, 6.45) is 3.10. The Balaban J connectivity index is 1.25. The second kappa shape index (κ2) is 21.3. The molecule has 3 aliphatic rings. The number of aromatic nitrogens is 1. The van der Waals surface area contributed by atoms with Gasteiger partial charge in [0.05, 0.1) is 24.8 Å². The molecule has 0 radical (unpaired) electrons. The first-order valence-corrected chi connectivity index (χ1v) is 24.3. The number of nitrogens with one attached hydrogen (secondary N) is 2. The number of halogens is 1. The number of esters is 1. The molecule has 0 spiro atoms. The van der Waals surface area contributed by atoms with Crippen LogP contribution in [0.4, 0.5) is 4.39 Å². The summed E-state index contributed by atoms with van der Waals surface area (Å²) in [5.74, 6) is -3.92. The number of carbonyl (C=O) groups excluding carboxylic acids is 5. The number of carbonyl (C=O) groups is 5. The van der Waals surface area contributed by atoms with Crippen LogP contribution in [0, 0.1) is 17.3 Å². The molecule has 0 saturated carbocycles. The molecule has 1 aromatic heterocycles. The van der Waals surface area contributed by atoms with Crippen LogP contribution in [0.5, 0.6) is 5.75 Å². The van der Waals surface area contributed by atoms with Gasteiger partial charge in [-0.2, -0.15) is 0 Å². The van der Waals surface area contributed by atoms with E-state index >= 15 is 4.39 Å². The summed E-state index contributed by atoms with van der Waals surface area (Å²) in [4.78, 5) is 71.4. The van der Waals surface area contributed by atoms with Crippen molar-refractivity contribution in [2.45, 2.75) is 104 Å². The third-order valence-electron chi connectivity index (χ3n) is 14.1. The molecule has 69 heavy (non-hydrogen) atoms. The molecule has 3 aromatic carbocycles. The van der Waals surface area contributed by atoms with E-state index in [1.54, 1.807) is 33.1 Å². The summed E-state index contributed by atoms with van der Waals surface area (Å²) in [6, 6.07) is 18.1. The fourth-order valence-electron chi connectivity index (χ4n) is 10.4. The first kappa shape index (κ1) is 50.8. The molecule has 2 fully saturated rings. The van der Waals surface area contributed by atoms with Crippen molar-refractivity contribution in [1.82, 2.24) is 30.1 Å². The lowest BCUT2D eigenvalue weighted by atomic mass is 9.83. The maximum atomic E-state index is 16.3.